The van der Waals surface area contributed by atoms with Crippen molar-refractivity contribution in [1.82, 2.24) is 4.90 Å². The lowest BCUT2D eigenvalue weighted by Gasteiger charge is -2.43. The van der Waals surface area contributed by atoms with Gasteiger partial charge in [-0.15, -0.1) is 11.6 Å². The van der Waals surface area contributed by atoms with E-state index in [1.54, 1.807) is 0 Å². The first-order chi connectivity index (χ1) is 16.7. The van der Waals surface area contributed by atoms with Crippen LogP contribution in [0.2, 0.25) is 22.7 Å². The quantitative estimate of drug-likeness (QED) is 0.0719. The summed E-state index contributed by atoms with van der Waals surface area (Å²) in [6, 6.07) is 1.50. The topological polar surface area (TPSA) is 3.24 Å². The molecule has 0 spiro atoms. The molecule has 0 fully saturated rings. The molecule has 214 valence electrons. The summed E-state index contributed by atoms with van der Waals surface area (Å²) in [6.07, 6.45) is 24.2. The molecular weight excluding hydrogens is 462 g/mol. The van der Waals surface area contributed by atoms with E-state index in [0.717, 1.165) is 22.5 Å². The first-order valence-corrected chi connectivity index (χ1v) is 18.8. The molecule has 0 aromatic heterocycles. The smallest absolute Gasteiger partial charge is 0.0613 e. The first kappa shape index (κ1) is 37.6. The Balaban J connectivity index is 0. The van der Waals surface area contributed by atoms with E-state index in [1.165, 1.54) is 122 Å². The fourth-order valence-corrected chi connectivity index (χ4v) is 12.9. The van der Waals surface area contributed by atoms with Gasteiger partial charge in [0.1, 0.15) is 0 Å². The fraction of sp³-hybridized carbons (Fsp3) is 1.00. The van der Waals surface area contributed by atoms with Gasteiger partial charge >= 0.3 is 0 Å². The highest BCUT2D eigenvalue weighted by molar-refractivity contribution is 6.83. The highest BCUT2D eigenvalue weighted by Gasteiger charge is 2.41. The van der Waals surface area contributed by atoms with Crippen LogP contribution in [-0.4, -0.2) is 39.5 Å². The second kappa shape index (κ2) is 26.1. The summed E-state index contributed by atoms with van der Waals surface area (Å²) >= 11 is 5.66. The van der Waals surface area contributed by atoms with Crippen LogP contribution in [0.4, 0.5) is 0 Å². The molecule has 1 nitrogen and oxygen atoms in total. The maximum atomic E-state index is 5.66. The number of halogens is 1. The minimum atomic E-state index is -1.12. The normalized spacial score (nSPS) is 12.2. The highest BCUT2D eigenvalue weighted by atomic mass is 35.5. The van der Waals surface area contributed by atoms with Crippen LogP contribution in [-0.2, 0) is 0 Å². The first-order valence-electron chi connectivity index (χ1n) is 15.9. The molecule has 0 aromatic rings. The van der Waals surface area contributed by atoms with Crippen LogP contribution < -0.4 is 0 Å². The average Bonchev–Trinajstić information content (AvgIpc) is 2.79. The Morgan fingerprint density at radius 1 is 0.514 bits per heavy atom. The minimum absolute atomic E-state index is 0.846. The maximum absolute atomic E-state index is 5.66. The standard InChI is InChI=1S/C18H37Cl.C14H33NSi/c1-2-3-4-5-6-7-8-9-10-11-12-13-14-15-16-17-18-19;1-12(2)16(13(3)4,14(5)6)11-9-10-15(7)8/h2-18H2,1H3;12-14H,9-11H2,1-8H3. The molecule has 0 radical (unpaired) electrons. The maximum Gasteiger partial charge on any atom is 0.0613 e. The van der Waals surface area contributed by atoms with Gasteiger partial charge in [0.05, 0.1) is 8.07 Å². The van der Waals surface area contributed by atoms with E-state index in [2.05, 4.69) is 67.5 Å². The van der Waals surface area contributed by atoms with Crippen molar-refractivity contribution in [2.24, 2.45) is 0 Å². The second-order valence-corrected chi connectivity index (χ2v) is 19.0. The van der Waals surface area contributed by atoms with Gasteiger partial charge in [-0.3, -0.25) is 0 Å². The Morgan fingerprint density at radius 2 is 0.829 bits per heavy atom. The molecule has 0 aliphatic rings. The van der Waals surface area contributed by atoms with Gasteiger partial charge in [0.2, 0.25) is 0 Å². The molecule has 35 heavy (non-hydrogen) atoms. The van der Waals surface area contributed by atoms with Gasteiger partial charge in [-0.2, -0.15) is 0 Å². The predicted molar refractivity (Wildman–Crippen MR) is 169 cm³/mol. The zero-order chi connectivity index (χ0) is 27.0. The van der Waals surface area contributed by atoms with E-state index >= 15 is 0 Å². The number of hydrogen-bond acceptors (Lipinski definition) is 1. The van der Waals surface area contributed by atoms with Gasteiger partial charge in [-0.05, 0) is 33.5 Å². The Morgan fingerprint density at radius 3 is 1.09 bits per heavy atom. The van der Waals surface area contributed by atoms with Crippen LogP contribution in [0.15, 0.2) is 0 Å². The molecule has 0 rings (SSSR count). The number of alkyl halides is 1. The summed E-state index contributed by atoms with van der Waals surface area (Å²) in [4.78, 5) is 2.32. The third-order valence-corrected chi connectivity index (χ3v) is 16.4. The third kappa shape index (κ3) is 21.1. The lowest BCUT2D eigenvalue weighted by atomic mass is 10.0. The van der Waals surface area contributed by atoms with Crippen molar-refractivity contribution in [3.05, 3.63) is 0 Å². The summed E-state index contributed by atoms with van der Waals surface area (Å²) in [5, 5.41) is 0. The van der Waals surface area contributed by atoms with Crippen LogP contribution in [0.1, 0.15) is 158 Å². The number of rotatable bonds is 23. The Hall–Kier alpha value is 0.467. The van der Waals surface area contributed by atoms with E-state index in [0.29, 0.717) is 0 Å². The highest BCUT2D eigenvalue weighted by Crippen LogP contribution is 2.45. The van der Waals surface area contributed by atoms with E-state index in [-0.39, 0.29) is 0 Å². The summed E-state index contributed by atoms with van der Waals surface area (Å²) in [6.45, 7) is 18.3. The zero-order valence-corrected chi connectivity index (χ0v) is 28.0. The van der Waals surface area contributed by atoms with Crippen molar-refractivity contribution in [2.75, 3.05) is 26.5 Å². The fourth-order valence-electron chi connectivity index (χ4n) is 6.21. The molecule has 0 saturated heterocycles. The van der Waals surface area contributed by atoms with Crippen molar-refractivity contribution in [3.8, 4) is 0 Å². The van der Waals surface area contributed by atoms with Gasteiger partial charge < -0.3 is 4.90 Å². The minimum Gasteiger partial charge on any atom is -0.309 e. The molecular formula is C32H70ClNSi. The van der Waals surface area contributed by atoms with Gasteiger partial charge in [0, 0.05) is 5.88 Å². The molecule has 0 saturated carbocycles. The average molecular weight is 532 g/mol. The lowest BCUT2D eigenvalue weighted by Crippen LogP contribution is -2.44. The zero-order valence-electron chi connectivity index (χ0n) is 26.2. The largest absolute Gasteiger partial charge is 0.309 e. The molecule has 0 aliphatic carbocycles. The Bertz CT molecular complexity index is 371. The summed E-state index contributed by atoms with van der Waals surface area (Å²) in [5.74, 6) is 0.846. The van der Waals surface area contributed by atoms with Crippen LogP contribution in [0, 0.1) is 0 Å². The molecule has 0 N–H and O–H groups in total. The second-order valence-electron chi connectivity index (χ2n) is 12.5. The van der Waals surface area contributed by atoms with Gasteiger partial charge in [-0.25, -0.2) is 0 Å². The van der Waals surface area contributed by atoms with Gasteiger partial charge in [-0.1, -0.05) is 167 Å². The van der Waals surface area contributed by atoms with Gasteiger partial charge in [0.15, 0.2) is 0 Å². The third-order valence-electron chi connectivity index (χ3n) is 8.43. The Labute approximate surface area is 231 Å². The molecule has 0 amide bonds. The van der Waals surface area contributed by atoms with Crippen LogP contribution in [0.3, 0.4) is 0 Å². The van der Waals surface area contributed by atoms with E-state index in [9.17, 15) is 0 Å². The van der Waals surface area contributed by atoms with Crippen molar-refractivity contribution in [2.45, 2.75) is 180 Å². The van der Waals surface area contributed by atoms with E-state index in [4.69, 9.17) is 11.6 Å². The molecule has 0 aromatic carbocycles. The summed E-state index contributed by atoms with van der Waals surface area (Å²) in [7, 11) is 3.25. The van der Waals surface area contributed by atoms with Crippen molar-refractivity contribution in [3.63, 3.8) is 0 Å². The number of hydrogen-bond donors (Lipinski definition) is 0. The van der Waals surface area contributed by atoms with Crippen molar-refractivity contribution < 1.29 is 0 Å². The van der Waals surface area contributed by atoms with Gasteiger partial charge in [0.25, 0.3) is 0 Å². The SMILES string of the molecule is CC(C)[Si](CCCN(C)C)(C(C)C)C(C)C.CCCCCCCCCCCCCCCCCCCl. The molecule has 0 atom stereocenters. The Kier molecular flexibility index (Phi) is 28.0. The van der Waals surface area contributed by atoms with Crippen LogP contribution in [0.25, 0.3) is 0 Å². The van der Waals surface area contributed by atoms with E-state index in [1.807, 2.05) is 0 Å². The monoisotopic (exact) mass is 531 g/mol. The molecule has 0 bridgehead atoms. The molecule has 0 unspecified atom stereocenters. The molecule has 0 heterocycles. The predicted octanol–water partition coefficient (Wildman–Crippen LogP) is 12.1. The van der Waals surface area contributed by atoms with Crippen LogP contribution >= 0.6 is 11.6 Å². The summed E-state index contributed by atoms with van der Waals surface area (Å²) < 4.78 is 0. The molecule has 0 aliphatic heterocycles. The van der Waals surface area contributed by atoms with Crippen molar-refractivity contribution >= 4 is 19.7 Å². The van der Waals surface area contributed by atoms with E-state index < -0.39 is 8.07 Å². The van der Waals surface area contributed by atoms with Crippen molar-refractivity contribution in [1.29, 1.82) is 0 Å². The van der Waals surface area contributed by atoms with Crippen LogP contribution in [0.5, 0.6) is 0 Å². The number of unbranched alkanes of at least 4 members (excludes halogenated alkanes) is 15. The molecule has 3 heteroatoms. The number of nitrogens with zero attached hydrogens (tertiary/aromatic N) is 1. The lowest BCUT2D eigenvalue weighted by molar-refractivity contribution is 0.406. The summed E-state index contributed by atoms with van der Waals surface area (Å²) in [5.41, 5.74) is 2.74.